The van der Waals surface area contributed by atoms with Crippen molar-refractivity contribution in [3.05, 3.63) is 22.7 Å². The highest BCUT2D eigenvalue weighted by atomic mass is 35.5. The van der Waals surface area contributed by atoms with Gasteiger partial charge in [0.25, 0.3) is 5.91 Å². The molecule has 0 bridgehead atoms. The van der Waals surface area contributed by atoms with Crippen molar-refractivity contribution in [3.63, 3.8) is 0 Å². The zero-order valence-electron chi connectivity index (χ0n) is 14.2. The lowest BCUT2D eigenvalue weighted by Crippen LogP contribution is -2.42. The van der Waals surface area contributed by atoms with Gasteiger partial charge >= 0.3 is 0 Å². The molecule has 2 fully saturated rings. The molecule has 1 amide bonds. The van der Waals surface area contributed by atoms with Crippen molar-refractivity contribution >= 4 is 23.2 Å². The average Bonchev–Trinajstić information content (AvgIpc) is 2.78. The summed E-state index contributed by atoms with van der Waals surface area (Å²) in [7, 11) is 1.53. The minimum absolute atomic E-state index is 0.136. The van der Waals surface area contributed by atoms with E-state index in [9.17, 15) is 4.79 Å². The van der Waals surface area contributed by atoms with Crippen molar-refractivity contribution in [2.24, 2.45) is 0 Å². The molecule has 2 aliphatic heterocycles. The summed E-state index contributed by atoms with van der Waals surface area (Å²) in [5.41, 5.74) is 6.65. The number of nitrogen functional groups attached to an aromatic ring is 1. The summed E-state index contributed by atoms with van der Waals surface area (Å²) in [5.74, 6) is 0.324. The van der Waals surface area contributed by atoms with Gasteiger partial charge in [0.1, 0.15) is 5.75 Å². The zero-order valence-corrected chi connectivity index (χ0v) is 14.9. The minimum Gasteiger partial charge on any atom is -0.496 e. The molecule has 2 aliphatic rings. The number of fused-ring (bicyclic) bond motifs is 1. The van der Waals surface area contributed by atoms with Crippen LogP contribution in [-0.4, -0.2) is 43.1 Å². The number of carbonyl (C=O) groups is 1. The van der Waals surface area contributed by atoms with Crippen molar-refractivity contribution in [1.29, 1.82) is 0 Å². The first-order valence-corrected chi connectivity index (χ1v) is 9.14. The summed E-state index contributed by atoms with van der Waals surface area (Å²) in [6, 6.07) is 4.00. The number of nitrogens with zero attached hydrogens (tertiary/aromatic N) is 1. The van der Waals surface area contributed by atoms with Gasteiger partial charge in [-0.2, -0.15) is 0 Å². The predicted octanol–water partition coefficient (Wildman–Crippen LogP) is 3.07. The van der Waals surface area contributed by atoms with Crippen molar-refractivity contribution in [2.75, 3.05) is 25.9 Å². The minimum atomic E-state index is -0.136. The van der Waals surface area contributed by atoms with Crippen LogP contribution in [0.1, 0.15) is 48.9 Å². The smallest absolute Gasteiger partial charge is 0.255 e. The number of anilines is 1. The van der Waals surface area contributed by atoms with E-state index in [0.717, 1.165) is 25.8 Å². The molecule has 3 rings (SSSR count). The van der Waals surface area contributed by atoms with E-state index in [1.54, 1.807) is 12.1 Å². The van der Waals surface area contributed by atoms with Gasteiger partial charge < -0.3 is 20.7 Å². The highest BCUT2D eigenvalue weighted by molar-refractivity contribution is 6.33. The maximum absolute atomic E-state index is 12.7. The molecule has 1 aromatic carbocycles. The van der Waals surface area contributed by atoms with Gasteiger partial charge in [-0.25, -0.2) is 0 Å². The van der Waals surface area contributed by atoms with Gasteiger partial charge in [0, 0.05) is 18.2 Å². The highest BCUT2D eigenvalue weighted by Crippen LogP contribution is 2.30. The Labute approximate surface area is 148 Å². The van der Waals surface area contributed by atoms with Crippen LogP contribution in [0.15, 0.2) is 12.1 Å². The van der Waals surface area contributed by atoms with Crippen molar-refractivity contribution in [2.45, 2.75) is 50.6 Å². The van der Waals surface area contributed by atoms with E-state index in [-0.39, 0.29) is 11.9 Å². The molecule has 0 aliphatic carbocycles. The summed E-state index contributed by atoms with van der Waals surface area (Å²) in [6.07, 6.45) is 7.00. The van der Waals surface area contributed by atoms with Crippen LogP contribution < -0.4 is 15.8 Å². The monoisotopic (exact) mass is 351 g/mol. The van der Waals surface area contributed by atoms with Crippen LogP contribution in [0.2, 0.25) is 5.02 Å². The maximum Gasteiger partial charge on any atom is 0.255 e. The average molecular weight is 352 g/mol. The first-order valence-electron chi connectivity index (χ1n) is 8.76. The van der Waals surface area contributed by atoms with Gasteiger partial charge in [-0.1, -0.05) is 18.0 Å². The summed E-state index contributed by atoms with van der Waals surface area (Å²) < 4.78 is 5.29. The molecule has 2 saturated heterocycles. The van der Waals surface area contributed by atoms with Crippen LogP contribution in [0.5, 0.6) is 5.75 Å². The Kier molecular flexibility index (Phi) is 5.51. The molecule has 24 heavy (non-hydrogen) atoms. The molecule has 0 aromatic heterocycles. The third-order valence-corrected chi connectivity index (χ3v) is 5.53. The standard InChI is InChI=1S/C18H26ClN3O2/c1-24-17-11-16(20)15(19)10-14(17)18(23)21-12-5-4-8-22-7-3-2-6-13(22)9-12/h10-13H,2-9,20H2,1H3,(H,21,23). The number of nitrogens with two attached hydrogens (primary N) is 1. The van der Waals surface area contributed by atoms with Crippen molar-refractivity contribution in [1.82, 2.24) is 10.2 Å². The number of amides is 1. The van der Waals surface area contributed by atoms with Crippen LogP contribution in [0.3, 0.4) is 0 Å². The van der Waals surface area contributed by atoms with Crippen LogP contribution in [-0.2, 0) is 0 Å². The fourth-order valence-electron chi connectivity index (χ4n) is 3.92. The Morgan fingerprint density at radius 2 is 2.08 bits per heavy atom. The number of rotatable bonds is 3. The Morgan fingerprint density at radius 1 is 1.29 bits per heavy atom. The van der Waals surface area contributed by atoms with Gasteiger partial charge in [-0.3, -0.25) is 4.79 Å². The lowest BCUT2D eigenvalue weighted by Gasteiger charge is -2.35. The molecule has 5 nitrogen and oxygen atoms in total. The second kappa shape index (κ2) is 7.62. The lowest BCUT2D eigenvalue weighted by molar-refractivity contribution is 0.0920. The summed E-state index contributed by atoms with van der Waals surface area (Å²) >= 11 is 6.08. The number of methoxy groups -OCH3 is 1. The Bertz CT molecular complexity index is 608. The first-order chi connectivity index (χ1) is 11.6. The van der Waals surface area contributed by atoms with Crippen LogP contribution in [0.25, 0.3) is 0 Å². The molecule has 3 N–H and O–H groups in total. The van der Waals surface area contributed by atoms with Crippen molar-refractivity contribution < 1.29 is 9.53 Å². The summed E-state index contributed by atoms with van der Waals surface area (Å²) in [6.45, 7) is 2.35. The van der Waals surface area contributed by atoms with Gasteiger partial charge in [-0.05, 0) is 51.3 Å². The largest absolute Gasteiger partial charge is 0.496 e. The summed E-state index contributed by atoms with van der Waals surface area (Å²) in [4.78, 5) is 15.3. The van der Waals surface area contributed by atoms with E-state index in [4.69, 9.17) is 22.1 Å². The molecule has 0 saturated carbocycles. The van der Waals surface area contributed by atoms with E-state index in [1.807, 2.05) is 0 Å². The fourth-order valence-corrected chi connectivity index (χ4v) is 4.08. The predicted molar refractivity (Wildman–Crippen MR) is 96.7 cm³/mol. The number of ether oxygens (including phenoxy) is 1. The number of hydrogen-bond donors (Lipinski definition) is 2. The maximum atomic E-state index is 12.7. The lowest BCUT2D eigenvalue weighted by atomic mass is 9.96. The molecular formula is C18H26ClN3O2. The topological polar surface area (TPSA) is 67.6 Å². The third kappa shape index (κ3) is 3.78. The van der Waals surface area contributed by atoms with Crippen LogP contribution >= 0.6 is 11.6 Å². The Hall–Kier alpha value is -1.46. The normalized spacial score (nSPS) is 24.8. The molecule has 0 spiro atoms. The van der Waals surface area contributed by atoms with E-state index >= 15 is 0 Å². The Morgan fingerprint density at radius 3 is 2.88 bits per heavy atom. The van der Waals surface area contributed by atoms with Crippen LogP contribution in [0, 0.1) is 0 Å². The summed E-state index contributed by atoms with van der Waals surface area (Å²) in [5, 5.41) is 3.56. The molecule has 1 aromatic rings. The molecule has 6 heteroatoms. The Balaban J connectivity index is 1.71. The van der Waals surface area contributed by atoms with Crippen molar-refractivity contribution in [3.8, 4) is 5.75 Å². The molecule has 2 unspecified atom stereocenters. The van der Waals surface area contributed by atoms with Gasteiger partial charge in [-0.15, -0.1) is 0 Å². The van der Waals surface area contributed by atoms with E-state index in [2.05, 4.69) is 10.2 Å². The van der Waals surface area contributed by atoms with E-state index in [1.165, 1.54) is 32.9 Å². The number of hydrogen-bond acceptors (Lipinski definition) is 4. The zero-order chi connectivity index (χ0) is 17.1. The number of nitrogens with one attached hydrogen (secondary N) is 1. The van der Waals surface area contributed by atoms with Gasteiger partial charge in [0.2, 0.25) is 0 Å². The molecular weight excluding hydrogens is 326 g/mol. The van der Waals surface area contributed by atoms with Gasteiger partial charge in [0.15, 0.2) is 0 Å². The fraction of sp³-hybridized carbons (Fsp3) is 0.611. The number of benzene rings is 1. The highest BCUT2D eigenvalue weighted by Gasteiger charge is 2.29. The number of carbonyl (C=O) groups excluding carboxylic acids is 1. The van der Waals surface area contributed by atoms with Gasteiger partial charge in [0.05, 0.1) is 23.4 Å². The SMILES string of the molecule is COc1cc(N)c(Cl)cc1C(=O)NC1CCCN2CCCCC2C1. The van der Waals surface area contributed by atoms with E-state index < -0.39 is 0 Å². The third-order valence-electron chi connectivity index (χ3n) is 5.20. The molecule has 0 radical (unpaired) electrons. The first kappa shape index (κ1) is 17.4. The molecule has 2 heterocycles. The second-order valence-corrected chi connectivity index (χ2v) is 7.22. The van der Waals surface area contributed by atoms with E-state index in [0.29, 0.717) is 28.1 Å². The molecule has 2 atom stereocenters. The molecule has 132 valence electrons. The van der Waals surface area contributed by atoms with Crippen LogP contribution in [0.4, 0.5) is 5.69 Å². The quantitative estimate of drug-likeness (QED) is 0.821. The second-order valence-electron chi connectivity index (χ2n) is 6.81. The number of piperidine rings is 1. The number of halogens is 1.